The summed E-state index contributed by atoms with van der Waals surface area (Å²) in [6.07, 6.45) is 0.765. The Morgan fingerprint density at radius 2 is 2.06 bits per heavy atom. The molecule has 1 aromatic rings. The van der Waals surface area contributed by atoms with Crippen LogP contribution >= 0.6 is 0 Å². The second kappa shape index (κ2) is 4.50. The average molecular weight is 225 g/mol. The third-order valence-electron chi connectivity index (χ3n) is 3.42. The Morgan fingerprint density at radius 3 is 2.69 bits per heavy atom. The first-order valence-electron chi connectivity index (χ1n) is 5.73. The molecule has 1 aliphatic rings. The highest BCUT2D eigenvalue weighted by Crippen LogP contribution is 2.35. The van der Waals surface area contributed by atoms with Crippen LogP contribution in [-0.4, -0.2) is 12.2 Å². The van der Waals surface area contributed by atoms with Crippen molar-refractivity contribution in [3.8, 4) is 0 Å². The molecule has 1 aromatic carbocycles. The van der Waals surface area contributed by atoms with E-state index in [1.165, 1.54) is 6.07 Å². The zero-order valence-electron chi connectivity index (χ0n) is 9.42. The second-order valence-electron chi connectivity index (χ2n) is 4.71. The van der Waals surface area contributed by atoms with Crippen molar-refractivity contribution in [2.45, 2.75) is 44.3 Å². The van der Waals surface area contributed by atoms with Crippen LogP contribution in [0, 0.1) is 12.7 Å². The Balaban J connectivity index is 2.18. The van der Waals surface area contributed by atoms with Crippen LogP contribution in [0.4, 0.5) is 8.78 Å². The zero-order valence-corrected chi connectivity index (χ0v) is 9.42. The van der Waals surface area contributed by atoms with Gasteiger partial charge in [-0.3, -0.25) is 0 Å². The van der Waals surface area contributed by atoms with E-state index in [1.54, 1.807) is 6.07 Å². The van der Waals surface area contributed by atoms with Crippen LogP contribution in [0.2, 0.25) is 0 Å². The largest absolute Gasteiger partial charge is 0.325 e. The monoisotopic (exact) mass is 225 g/mol. The van der Waals surface area contributed by atoms with Crippen molar-refractivity contribution < 1.29 is 8.78 Å². The average Bonchev–Trinajstić information content (AvgIpc) is 2.22. The number of nitrogens with two attached hydrogens (primary N) is 1. The van der Waals surface area contributed by atoms with E-state index >= 15 is 0 Å². The van der Waals surface area contributed by atoms with Crippen molar-refractivity contribution in [2.24, 2.45) is 5.73 Å². The summed E-state index contributed by atoms with van der Waals surface area (Å²) in [4.78, 5) is 0. The molecule has 2 rings (SSSR count). The molecule has 0 aliphatic heterocycles. The molecule has 0 aromatic heterocycles. The predicted molar refractivity (Wildman–Crippen MR) is 60.6 cm³/mol. The van der Waals surface area contributed by atoms with Gasteiger partial charge in [-0.15, -0.1) is 0 Å². The highest BCUT2D eigenvalue weighted by atomic mass is 19.1. The molecule has 0 bridgehead atoms. The zero-order chi connectivity index (χ0) is 11.7. The molecule has 3 unspecified atom stereocenters. The van der Waals surface area contributed by atoms with Crippen LogP contribution in [0.25, 0.3) is 0 Å². The molecule has 1 saturated carbocycles. The smallest absolute Gasteiger partial charge is 0.126 e. The fourth-order valence-corrected chi connectivity index (χ4v) is 2.38. The lowest BCUT2D eigenvalue weighted by atomic mass is 9.80. The molecule has 88 valence electrons. The van der Waals surface area contributed by atoms with E-state index in [0.717, 1.165) is 12.0 Å². The van der Waals surface area contributed by atoms with Crippen molar-refractivity contribution in [2.75, 3.05) is 0 Å². The van der Waals surface area contributed by atoms with Crippen molar-refractivity contribution in [3.63, 3.8) is 0 Å². The van der Waals surface area contributed by atoms with E-state index in [9.17, 15) is 8.78 Å². The molecule has 0 radical (unpaired) electrons. The molecule has 3 heteroatoms. The maximum atomic E-state index is 13.7. The molecular weight excluding hydrogens is 208 g/mol. The van der Waals surface area contributed by atoms with Gasteiger partial charge in [0.05, 0.1) is 0 Å². The molecule has 1 aliphatic carbocycles. The minimum absolute atomic E-state index is 0.0181. The standard InChI is InChI=1S/C13H17F2N/c1-8-2-4-10(11(14)6-8)9-3-5-13(16)12(15)7-9/h2,4,6,9,12-13H,3,5,7,16H2,1H3. The summed E-state index contributed by atoms with van der Waals surface area (Å²) < 4.78 is 27.2. The van der Waals surface area contributed by atoms with Gasteiger partial charge in [0, 0.05) is 6.04 Å². The Kier molecular flexibility index (Phi) is 3.24. The number of hydrogen-bond acceptors (Lipinski definition) is 1. The Bertz CT molecular complexity index is 378. The fraction of sp³-hybridized carbons (Fsp3) is 0.538. The van der Waals surface area contributed by atoms with E-state index < -0.39 is 6.17 Å². The van der Waals surface area contributed by atoms with E-state index in [4.69, 9.17) is 5.73 Å². The third kappa shape index (κ3) is 2.24. The van der Waals surface area contributed by atoms with Crippen molar-refractivity contribution >= 4 is 0 Å². The summed E-state index contributed by atoms with van der Waals surface area (Å²) in [5.41, 5.74) is 7.15. The molecule has 1 fully saturated rings. The van der Waals surface area contributed by atoms with Crippen LogP contribution in [0.5, 0.6) is 0 Å². The van der Waals surface area contributed by atoms with Gasteiger partial charge >= 0.3 is 0 Å². The summed E-state index contributed by atoms with van der Waals surface area (Å²) in [6, 6.07) is 4.79. The maximum absolute atomic E-state index is 13.7. The van der Waals surface area contributed by atoms with Gasteiger partial charge in [-0.05, 0) is 49.3 Å². The first-order valence-corrected chi connectivity index (χ1v) is 5.73. The first kappa shape index (κ1) is 11.5. The lowest BCUT2D eigenvalue weighted by Gasteiger charge is -2.29. The van der Waals surface area contributed by atoms with Gasteiger partial charge < -0.3 is 5.73 Å². The normalized spacial score (nSPS) is 30.4. The van der Waals surface area contributed by atoms with E-state index in [0.29, 0.717) is 18.4 Å². The number of benzene rings is 1. The summed E-state index contributed by atoms with van der Waals surface area (Å²) in [7, 11) is 0. The summed E-state index contributed by atoms with van der Waals surface area (Å²) >= 11 is 0. The number of hydrogen-bond donors (Lipinski definition) is 1. The highest BCUT2D eigenvalue weighted by molar-refractivity contribution is 5.27. The fourth-order valence-electron chi connectivity index (χ4n) is 2.38. The minimum Gasteiger partial charge on any atom is -0.325 e. The number of rotatable bonds is 1. The van der Waals surface area contributed by atoms with Gasteiger partial charge in [0.15, 0.2) is 0 Å². The van der Waals surface area contributed by atoms with Crippen LogP contribution in [0.1, 0.15) is 36.3 Å². The minimum atomic E-state index is -1.00. The maximum Gasteiger partial charge on any atom is 0.126 e. The first-order chi connectivity index (χ1) is 7.58. The molecule has 0 heterocycles. The SMILES string of the molecule is Cc1ccc(C2CCC(N)C(F)C2)c(F)c1. The van der Waals surface area contributed by atoms with Crippen LogP contribution in [0.3, 0.4) is 0 Å². The van der Waals surface area contributed by atoms with Crippen molar-refractivity contribution in [1.29, 1.82) is 0 Å². The summed E-state index contributed by atoms with van der Waals surface area (Å²) in [5, 5.41) is 0. The van der Waals surface area contributed by atoms with E-state index in [2.05, 4.69) is 0 Å². The molecule has 2 N–H and O–H groups in total. The van der Waals surface area contributed by atoms with E-state index in [-0.39, 0.29) is 17.8 Å². The summed E-state index contributed by atoms with van der Waals surface area (Å²) in [5.74, 6) is -0.233. The number of alkyl halides is 1. The summed E-state index contributed by atoms with van der Waals surface area (Å²) in [6.45, 7) is 1.85. The lowest BCUT2D eigenvalue weighted by Crippen LogP contribution is -2.37. The lowest BCUT2D eigenvalue weighted by molar-refractivity contribution is 0.199. The topological polar surface area (TPSA) is 26.0 Å². The van der Waals surface area contributed by atoms with Gasteiger partial charge in [-0.1, -0.05) is 12.1 Å². The van der Waals surface area contributed by atoms with Crippen LogP contribution in [0.15, 0.2) is 18.2 Å². The highest BCUT2D eigenvalue weighted by Gasteiger charge is 2.30. The quantitative estimate of drug-likeness (QED) is 0.781. The van der Waals surface area contributed by atoms with Crippen LogP contribution in [-0.2, 0) is 0 Å². The van der Waals surface area contributed by atoms with E-state index in [1.807, 2.05) is 13.0 Å². The molecule has 0 saturated heterocycles. The van der Waals surface area contributed by atoms with Gasteiger partial charge in [0.25, 0.3) is 0 Å². The van der Waals surface area contributed by atoms with Crippen molar-refractivity contribution in [3.05, 3.63) is 35.1 Å². The van der Waals surface area contributed by atoms with Gasteiger partial charge in [-0.25, -0.2) is 8.78 Å². The number of halogens is 2. The van der Waals surface area contributed by atoms with Gasteiger partial charge in [-0.2, -0.15) is 0 Å². The molecule has 3 atom stereocenters. The van der Waals surface area contributed by atoms with Crippen LogP contribution < -0.4 is 5.73 Å². The third-order valence-corrected chi connectivity index (χ3v) is 3.42. The molecular formula is C13H17F2N. The molecule has 1 nitrogen and oxygen atoms in total. The Hall–Kier alpha value is -0.960. The van der Waals surface area contributed by atoms with Gasteiger partial charge in [0.1, 0.15) is 12.0 Å². The number of aryl methyl sites for hydroxylation is 1. The molecule has 0 amide bonds. The molecule has 16 heavy (non-hydrogen) atoms. The second-order valence-corrected chi connectivity index (χ2v) is 4.71. The van der Waals surface area contributed by atoms with Gasteiger partial charge in [0.2, 0.25) is 0 Å². The predicted octanol–water partition coefficient (Wildman–Crippen LogP) is 3.07. The molecule has 0 spiro atoms. The Morgan fingerprint density at radius 1 is 1.31 bits per heavy atom. The Labute approximate surface area is 94.7 Å². The van der Waals surface area contributed by atoms with Crippen molar-refractivity contribution in [1.82, 2.24) is 0 Å².